The summed E-state index contributed by atoms with van der Waals surface area (Å²) in [6, 6.07) is 0. The Morgan fingerprint density at radius 3 is 1.52 bits per heavy atom. The first kappa shape index (κ1) is 21.6. The molecule has 124 valence electrons. The van der Waals surface area contributed by atoms with Crippen molar-refractivity contribution >= 4 is 17.9 Å². The quantitative estimate of drug-likeness (QED) is 0.326. The third-order valence-corrected chi connectivity index (χ3v) is 2.41. The Bertz CT molecular complexity index is 326. The van der Waals surface area contributed by atoms with E-state index < -0.39 is 30.1 Å². The van der Waals surface area contributed by atoms with Gasteiger partial charge < -0.3 is 31.3 Å². The van der Waals surface area contributed by atoms with Gasteiger partial charge in [0, 0.05) is 6.42 Å². The van der Waals surface area contributed by atoms with E-state index in [0.29, 0.717) is 12.5 Å². The normalized spacial score (nSPS) is 14.6. The lowest BCUT2D eigenvalue weighted by Crippen LogP contribution is -2.39. The zero-order valence-corrected chi connectivity index (χ0v) is 12.0. The molecule has 0 aliphatic heterocycles. The summed E-state index contributed by atoms with van der Waals surface area (Å²) in [6.45, 7) is 4.62. The van der Waals surface area contributed by atoms with Gasteiger partial charge in [-0.15, -0.1) is 0 Å². The van der Waals surface area contributed by atoms with E-state index in [1.165, 1.54) is 0 Å². The summed E-state index contributed by atoms with van der Waals surface area (Å²) in [5, 5.41) is 41.0. The van der Waals surface area contributed by atoms with Crippen LogP contribution in [-0.4, -0.2) is 62.2 Å². The monoisotopic (exact) mass is 309 g/mol. The maximum Gasteiger partial charge on any atom is 0.335 e. The van der Waals surface area contributed by atoms with E-state index in [1.54, 1.807) is 0 Å². The van der Waals surface area contributed by atoms with E-state index in [1.807, 2.05) is 0 Å². The van der Waals surface area contributed by atoms with Crippen LogP contribution in [0.25, 0.3) is 0 Å². The molecule has 7 N–H and O–H groups in total. The van der Waals surface area contributed by atoms with E-state index in [9.17, 15) is 14.4 Å². The van der Waals surface area contributed by atoms with Crippen molar-refractivity contribution in [2.75, 3.05) is 6.54 Å². The Morgan fingerprint density at radius 1 is 0.952 bits per heavy atom. The molecule has 0 saturated heterocycles. The summed E-state index contributed by atoms with van der Waals surface area (Å²) in [5.74, 6) is -3.61. The first-order valence-electron chi connectivity index (χ1n) is 6.26. The minimum atomic E-state index is -2.27. The lowest BCUT2D eigenvalue weighted by atomic mass is 9.94. The molecule has 0 amide bonds. The van der Waals surface area contributed by atoms with Gasteiger partial charge in [0.1, 0.15) is 0 Å². The number of aliphatic hydroxyl groups excluding tert-OH is 2. The summed E-state index contributed by atoms with van der Waals surface area (Å²) in [6.07, 6.45) is -3.42. The van der Waals surface area contributed by atoms with Gasteiger partial charge in [-0.3, -0.25) is 4.79 Å². The molecule has 0 rings (SSSR count). The lowest BCUT2D eigenvalue weighted by Gasteiger charge is -2.13. The Labute approximate surface area is 122 Å². The molecule has 0 aliphatic rings. The fourth-order valence-electron chi connectivity index (χ4n) is 1.45. The molecule has 0 aliphatic carbocycles. The number of carbonyl (C=O) groups is 3. The number of nitrogens with two attached hydrogens (primary N) is 1. The molecule has 3 atom stereocenters. The topological polar surface area (TPSA) is 178 Å². The third kappa shape index (κ3) is 11.8. The molecule has 9 heteroatoms. The van der Waals surface area contributed by atoms with Crippen molar-refractivity contribution in [1.82, 2.24) is 0 Å². The fourth-order valence-corrected chi connectivity index (χ4v) is 1.45. The van der Waals surface area contributed by atoms with Gasteiger partial charge in [0.15, 0.2) is 12.2 Å². The van der Waals surface area contributed by atoms with Crippen molar-refractivity contribution in [3.63, 3.8) is 0 Å². The van der Waals surface area contributed by atoms with Crippen LogP contribution in [0.15, 0.2) is 0 Å². The molecule has 21 heavy (non-hydrogen) atoms. The van der Waals surface area contributed by atoms with Crippen molar-refractivity contribution in [3.8, 4) is 0 Å². The van der Waals surface area contributed by atoms with Gasteiger partial charge in [-0.05, 0) is 24.8 Å². The molecule has 0 spiro atoms. The smallest absolute Gasteiger partial charge is 0.335 e. The van der Waals surface area contributed by atoms with Crippen molar-refractivity contribution < 1.29 is 39.9 Å². The van der Waals surface area contributed by atoms with Crippen LogP contribution < -0.4 is 5.73 Å². The highest BCUT2D eigenvalue weighted by Gasteiger charge is 2.29. The second kappa shape index (κ2) is 11.0. The standard InChI is InChI=1S/C8H17NO2.C4H6O6/c1-6(2)3-7(5-9)4-8(10)11;5-1(3(7)8)2(6)4(9)10/h6-7H,3-5,9H2,1-2H3,(H,10,11);1-2,5-6H,(H,7,8)(H,9,10)/t7-;/m0./s1. The van der Waals surface area contributed by atoms with Crippen LogP contribution in [0.2, 0.25) is 0 Å². The van der Waals surface area contributed by atoms with E-state index in [4.69, 9.17) is 31.3 Å². The summed E-state index contributed by atoms with van der Waals surface area (Å²) in [7, 11) is 0. The molecular formula is C12H23NO8. The molecule has 9 nitrogen and oxygen atoms in total. The number of rotatable bonds is 8. The number of aliphatic carboxylic acids is 3. The van der Waals surface area contributed by atoms with Gasteiger partial charge in [0.2, 0.25) is 0 Å². The average molecular weight is 309 g/mol. The van der Waals surface area contributed by atoms with Gasteiger partial charge >= 0.3 is 17.9 Å². The van der Waals surface area contributed by atoms with Crippen LogP contribution >= 0.6 is 0 Å². The van der Waals surface area contributed by atoms with Gasteiger partial charge in [0.25, 0.3) is 0 Å². The maximum absolute atomic E-state index is 10.3. The molecule has 0 heterocycles. The Hall–Kier alpha value is -1.71. The van der Waals surface area contributed by atoms with E-state index in [-0.39, 0.29) is 12.3 Å². The highest BCUT2D eigenvalue weighted by Crippen LogP contribution is 2.13. The molecule has 0 bridgehead atoms. The zero-order valence-electron chi connectivity index (χ0n) is 12.0. The highest BCUT2D eigenvalue weighted by molar-refractivity contribution is 5.83. The molecular weight excluding hydrogens is 286 g/mol. The van der Waals surface area contributed by atoms with Crippen LogP contribution in [-0.2, 0) is 14.4 Å². The number of hydrogen-bond acceptors (Lipinski definition) is 6. The predicted octanol–water partition coefficient (Wildman–Crippen LogP) is -1.04. The average Bonchev–Trinajstić information content (AvgIpc) is 2.35. The van der Waals surface area contributed by atoms with Gasteiger partial charge in [-0.1, -0.05) is 13.8 Å². The lowest BCUT2D eigenvalue weighted by molar-refractivity contribution is -0.165. The molecule has 0 aromatic rings. The maximum atomic E-state index is 10.3. The third-order valence-electron chi connectivity index (χ3n) is 2.41. The first-order valence-corrected chi connectivity index (χ1v) is 6.26. The van der Waals surface area contributed by atoms with E-state index in [0.717, 1.165) is 6.42 Å². The molecule has 0 aromatic heterocycles. The molecule has 0 aromatic carbocycles. The highest BCUT2D eigenvalue weighted by atomic mass is 16.4. The Kier molecular flexibility index (Phi) is 11.3. The van der Waals surface area contributed by atoms with E-state index in [2.05, 4.69) is 13.8 Å². The predicted molar refractivity (Wildman–Crippen MR) is 71.5 cm³/mol. The van der Waals surface area contributed by atoms with Crippen molar-refractivity contribution in [2.45, 2.75) is 38.9 Å². The first-order chi connectivity index (χ1) is 9.52. The zero-order chi connectivity index (χ0) is 17.2. The van der Waals surface area contributed by atoms with Crippen LogP contribution in [0.3, 0.4) is 0 Å². The van der Waals surface area contributed by atoms with Crippen LogP contribution in [0.4, 0.5) is 0 Å². The molecule has 0 saturated carbocycles. The Morgan fingerprint density at radius 2 is 1.33 bits per heavy atom. The van der Waals surface area contributed by atoms with Crippen molar-refractivity contribution in [1.29, 1.82) is 0 Å². The molecule has 0 fully saturated rings. The van der Waals surface area contributed by atoms with Crippen molar-refractivity contribution in [3.05, 3.63) is 0 Å². The summed E-state index contributed by atoms with van der Waals surface area (Å²) in [4.78, 5) is 29.8. The number of aliphatic hydroxyl groups is 2. The molecule has 0 radical (unpaired) electrons. The largest absolute Gasteiger partial charge is 0.481 e. The SMILES string of the molecule is CC(C)C[C@H](CN)CC(=O)O.O=C(O)C(O)C(O)C(=O)O. The van der Waals surface area contributed by atoms with Gasteiger partial charge in [-0.2, -0.15) is 0 Å². The van der Waals surface area contributed by atoms with E-state index >= 15 is 0 Å². The summed E-state index contributed by atoms with van der Waals surface area (Å²) < 4.78 is 0. The van der Waals surface area contributed by atoms with Crippen LogP contribution in [0.1, 0.15) is 26.7 Å². The van der Waals surface area contributed by atoms with Gasteiger partial charge in [-0.25, -0.2) is 9.59 Å². The van der Waals surface area contributed by atoms with Gasteiger partial charge in [0.05, 0.1) is 0 Å². The Balaban J connectivity index is 0. The van der Waals surface area contributed by atoms with Crippen LogP contribution in [0, 0.1) is 11.8 Å². The second-order valence-electron chi connectivity index (χ2n) is 4.90. The minimum absolute atomic E-state index is 0.146. The summed E-state index contributed by atoms with van der Waals surface area (Å²) in [5.41, 5.74) is 5.41. The van der Waals surface area contributed by atoms with Crippen LogP contribution in [0.5, 0.6) is 0 Å². The summed E-state index contributed by atoms with van der Waals surface area (Å²) >= 11 is 0. The van der Waals surface area contributed by atoms with Crippen molar-refractivity contribution in [2.24, 2.45) is 17.6 Å². The second-order valence-corrected chi connectivity index (χ2v) is 4.90. The molecule has 2 unspecified atom stereocenters. The fraction of sp³-hybridized carbons (Fsp3) is 0.750. The number of carboxylic acid groups (broad SMARTS) is 3. The minimum Gasteiger partial charge on any atom is -0.481 e. The number of hydrogen-bond donors (Lipinski definition) is 6. The number of carboxylic acids is 3.